The molecular formula is C18H24ClN3O. The van der Waals surface area contributed by atoms with Gasteiger partial charge in [0.1, 0.15) is 0 Å². The van der Waals surface area contributed by atoms with Gasteiger partial charge in [-0.25, -0.2) is 0 Å². The van der Waals surface area contributed by atoms with Gasteiger partial charge in [0.25, 0.3) is 5.91 Å². The molecule has 0 aliphatic heterocycles. The number of hydrogen-bond acceptors (Lipinski definition) is 3. The summed E-state index contributed by atoms with van der Waals surface area (Å²) in [7, 11) is 3.93. The van der Waals surface area contributed by atoms with Crippen LogP contribution in [0.5, 0.6) is 0 Å². The van der Waals surface area contributed by atoms with E-state index in [-0.39, 0.29) is 18.3 Å². The van der Waals surface area contributed by atoms with Crippen LogP contribution < -0.4 is 10.6 Å². The van der Waals surface area contributed by atoms with Crippen LogP contribution >= 0.6 is 12.4 Å². The summed E-state index contributed by atoms with van der Waals surface area (Å²) in [5.74, 6) is 0.0120. The van der Waals surface area contributed by atoms with Gasteiger partial charge in [-0.05, 0) is 23.8 Å². The maximum absolute atomic E-state index is 12.8. The van der Waals surface area contributed by atoms with E-state index in [2.05, 4.69) is 0 Å². The number of nitrogens with two attached hydrogens (primary N) is 1. The van der Waals surface area contributed by atoms with Crippen molar-refractivity contribution in [1.82, 2.24) is 4.90 Å². The minimum Gasteiger partial charge on any atom is -0.378 e. The minimum absolute atomic E-state index is 0. The Morgan fingerprint density at radius 3 is 2.35 bits per heavy atom. The second-order valence-electron chi connectivity index (χ2n) is 5.45. The van der Waals surface area contributed by atoms with E-state index >= 15 is 0 Å². The summed E-state index contributed by atoms with van der Waals surface area (Å²) in [6, 6.07) is 17.6. The van der Waals surface area contributed by atoms with E-state index < -0.39 is 0 Å². The average Bonchev–Trinajstić information content (AvgIpc) is 2.55. The summed E-state index contributed by atoms with van der Waals surface area (Å²) in [6.45, 7) is 1.56. The van der Waals surface area contributed by atoms with Gasteiger partial charge in [0, 0.05) is 45.0 Å². The van der Waals surface area contributed by atoms with Crippen molar-refractivity contribution >= 4 is 24.0 Å². The zero-order chi connectivity index (χ0) is 15.9. The zero-order valence-electron chi connectivity index (χ0n) is 13.6. The number of nitrogens with zero attached hydrogens (tertiary/aromatic N) is 2. The predicted molar refractivity (Wildman–Crippen MR) is 98.3 cm³/mol. The third-order valence-electron chi connectivity index (χ3n) is 3.51. The minimum atomic E-state index is 0. The van der Waals surface area contributed by atoms with Gasteiger partial charge in [-0.1, -0.05) is 36.4 Å². The number of anilines is 1. The summed E-state index contributed by atoms with van der Waals surface area (Å²) in [5, 5.41) is 0. The fraction of sp³-hybridized carbons (Fsp3) is 0.278. The molecule has 0 atom stereocenters. The maximum Gasteiger partial charge on any atom is 0.254 e. The first kappa shape index (κ1) is 19.0. The van der Waals surface area contributed by atoms with Crippen molar-refractivity contribution in [2.24, 2.45) is 5.73 Å². The van der Waals surface area contributed by atoms with Crippen LogP contribution in [0.4, 0.5) is 5.69 Å². The Kier molecular flexibility index (Phi) is 7.59. The second kappa shape index (κ2) is 9.18. The van der Waals surface area contributed by atoms with Crippen molar-refractivity contribution in [1.29, 1.82) is 0 Å². The van der Waals surface area contributed by atoms with Crippen molar-refractivity contribution < 1.29 is 4.79 Å². The molecule has 0 radical (unpaired) electrons. The first-order chi connectivity index (χ1) is 10.6. The summed E-state index contributed by atoms with van der Waals surface area (Å²) in [5.41, 5.74) is 8.48. The quantitative estimate of drug-likeness (QED) is 0.884. The highest BCUT2D eigenvalue weighted by molar-refractivity contribution is 5.95. The highest BCUT2D eigenvalue weighted by Crippen LogP contribution is 2.16. The standard InChI is InChI=1S/C18H23N3O.ClH/c1-20(2)17-10-6-9-16(13-17)18(22)21(12-11-19)14-15-7-4-3-5-8-15;/h3-10,13H,11-12,14,19H2,1-2H3;1H. The predicted octanol–water partition coefficient (Wildman–Crippen LogP) is 2.78. The first-order valence-corrected chi connectivity index (χ1v) is 7.42. The molecule has 0 bridgehead atoms. The van der Waals surface area contributed by atoms with E-state index in [1.54, 1.807) is 4.90 Å². The topological polar surface area (TPSA) is 49.6 Å². The average molecular weight is 334 g/mol. The van der Waals surface area contributed by atoms with Gasteiger partial charge >= 0.3 is 0 Å². The molecule has 23 heavy (non-hydrogen) atoms. The monoisotopic (exact) mass is 333 g/mol. The van der Waals surface area contributed by atoms with E-state index in [4.69, 9.17) is 5.73 Å². The van der Waals surface area contributed by atoms with E-state index in [1.807, 2.05) is 73.6 Å². The molecule has 2 aromatic carbocycles. The van der Waals surface area contributed by atoms with Crippen LogP contribution in [-0.2, 0) is 6.54 Å². The van der Waals surface area contributed by atoms with E-state index in [1.165, 1.54) is 0 Å². The van der Waals surface area contributed by atoms with Gasteiger partial charge in [-0.3, -0.25) is 4.79 Å². The van der Waals surface area contributed by atoms with Gasteiger partial charge in [-0.15, -0.1) is 12.4 Å². The van der Waals surface area contributed by atoms with Crippen LogP contribution in [0.3, 0.4) is 0 Å². The Morgan fingerprint density at radius 1 is 1.04 bits per heavy atom. The molecule has 4 nitrogen and oxygen atoms in total. The van der Waals surface area contributed by atoms with Gasteiger partial charge in [0.15, 0.2) is 0 Å². The summed E-state index contributed by atoms with van der Waals surface area (Å²) >= 11 is 0. The van der Waals surface area contributed by atoms with Crippen LogP contribution in [-0.4, -0.2) is 38.0 Å². The molecular weight excluding hydrogens is 310 g/mol. The molecule has 0 aromatic heterocycles. The van der Waals surface area contributed by atoms with Crippen LogP contribution in [0.15, 0.2) is 54.6 Å². The highest BCUT2D eigenvalue weighted by atomic mass is 35.5. The van der Waals surface area contributed by atoms with E-state index in [0.29, 0.717) is 25.2 Å². The lowest BCUT2D eigenvalue weighted by Crippen LogP contribution is -2.35. The first-order valence-electron chi connectivity index (χ1n) is 7.42. The zero-order valence-corrected chi connectivity index (χ0v) is 14.4. The summed E-state index contributed by atoms with van der Waals surface area (Å²) in [4.78, 5) is 16.5. The smallest absolute Gasteiger partial charge is 0.254 e. The highest BCUT2D eigenvalue weighted by Gasteiger charge is 2.16. The van der Waals surface area contributed by atoms with Crippen molar-refractivity contribution in [3.05, 3.63) is 65.7 Å². The Hall–Kier alpha value is -2.04. The molecule has 2 rings (SSSR count). The van der Waals surface area contributed by atoms with Crippen LogP contribution in [0.1, 0.15) is 15.9 Å². The molecule has 0 aliphatic carbocycles. The van der Waals surface area contributed by atoms with Crippen molar-refractivity contribution in [2.75, 3.05) is 32.1 Å². The van der Waals surface area contributed by atoms with Gasteiger partial charge in [0.2, 0.25) is 0 Å². The molecule has 0 aliphatic rings. The Bertz CT molecular complexity index is 617. The van der Waals surface area contributed by atoms with Gasteiger partial charge in [0.05, 0.1) is 0 Å². The fourth-order valence-corrected chi connectivity index (χ4v) is 2.31. The number of hydrogen-bond donors (Lipinski definition) is 1. The third kappa shape index (κ3) is 5.27. The maximum atomic E-state index is 12.8. The van der Waals surface area contributed by atoms with Crippen molar-refractivity contribution in [2.45, 2.75) is 6.54 Å². The number of carbonyl (C=O) groups is 1. The fourth-order valence-electron chi connectivity index (χ4n) is 2.31. The Morgan fingerprint density at radius 2 is 1.74 bits per heavy atom. The Labute approximate surface area is 144 Å². The number of rotatable bonds is 6. The molecule has 0 spiro atoms. The van der Waals surface area contributed by atoms with Crippen molar-refractivity contribution in [3.63, 3.8) is 0 Å². The van der Waals surface area contributed by atoms with Gasteiger partial charge in [-0.2, -0.15) is 0 Å². The second-order valence-corrected chi connectivity index (χ2v) is 5.45. The number of benzene rings is 2. The molecule has 2 aromatic rings. The molecule has 5 heteroatoms. The molecule has 1 amide bonds. The van der Waals surface area contributed by atoms with E-state index in [9.17, 15) is 4.79 Å². The molecule has 0 fully saturated rings. The Balaban J connectivity index is 0.00000264. The number of halogens is 1. The SMILES string of the molecule is CN(C)c1cccc(C(=O)N(CCN)Cc2ccccc2)c1.Cl. The largest absolute Gasteiger partial charge is 0.378 e. The van der Waals surface area contributed by atoms with Crippen molar-refractivity contribution in [3.8, 4) is 0 Å². The van der Waals surface area contributed by atoms with Crippen LogP contribution in [0.25, 0.3) is 0 Å². The molecule has 0 saturated heterocycles. The number of amides is 1. The lowest BCUT2D eigenvalue weighted by atomic mass is 10.1. The third-order valence-corrected chi connectivity index (χ3v) is 3.51. The molecule has 0 heterocycles. The van der Waals surface area contributed by atoms with Crippen LogP contribution in [0.2, 0.25) is 0 Å². The van der Waals surface area contributed by atoms with E-state index in [0.717, 1.165) is 11.3 Å². The molecule has 124 valence electrons. The number of carbonyl (C=O) groups excluding carboxylic acids is 1. The normalized spacial score (nSPS) is 9.87. The van der Waals surface area contributed by atoms with Gasteiger partial charge < -0.3 is 15.5 Å². The summed E-state index contributed by atoms with van der Waals surface area (Å²) < 4.78 is 0. The summed E-state index contributed by atoms with van der Waals surface area (Å²) in [6.07, 6.45) is 0. The molecule has 0 unspecified atom stereocenters. The molecule has 0 saturated carbocycles. The molecule has 2 N–H and O–H groups in total. The lowest BCUT2D eigenvalue weighted by molar-refractivity contribution is 0.0748. The van der Waals surface area contributed by atoms with Crippen LogP contribution in [0, 0.1) is 0 Å². The lowest BCUT2D eigenvalue weighted by Gasteiger charge is -2.23.